The smallest absolute Gasteiger partial charge is 0.417 e. The molecule has 2 aromatic rings. The fraction of sp³-hybridized carbons (Fsp3) is 0.520. The van der Waals surface area contributed by atoms with Gasteiger partial charge in [-0.25, -0.2) is 9.78 Å². The maximum absolute atomic E-state index is 13.5. The van der Waals surface area contributed by atoms with Gasteiger partial charge in [0.1, 0.15) is 11.9 Å². The maximum atomic E-state index is 13.5. The van der Waals surface area contributed by atoms with Crippen LogP contribution in [0.2, 0.25) is 0 Å². The summed E-state index contributed by atoms with van der Waals surface area (Å²) in [5, 5.41) is 0. The fourth-order valence-corrected chi connectivity index (χ4v) is 4.82. The quantitative estimate of drug-likeness (QED) is 0.435. The molecule has 202 valence electrons. The highest BCUT2D eigenvalue weighted by atomic mass is 19.4. The van der Waals surface area contributed by atoms with E-state index in [0.29, 0.717) is 37.4 Å². The molecular weight excluding hydrogens is 504 g/mol. The third-order valence-electron chi connectivity index (χ3n) is 6.83. The number of benzene rings is 1. The fourth-order valence-electron chi connectivity index (χ4n) is 4.82. The summed E-state index contributed by atoms with van der Waals surface area (Å²) in [5.74, 6) is 0.290. The van der Waals surface area contributed by atoms with Crippen LogP contribution in [-0.2, 0) is 28.4 Å². The van der Waals surface area contributed by atoms with Crippen molar-refractivity contribution in [3.63, 3.8) is 0 Å². The lowest BCUT2D eigenvalue weighted by Crippen LogP contribution is -2.38. The summed E-state index contributed by atoms with van der Waals surface area (Å²) in [6, 6.07) is 3.63. The van der Waals surface area contributed by atoms with E-state index in [1.165, 1.54) is 17.9 Å². The standard InChI is InChI=1S/C25H27F6N3O3/c1-14-8-16(10-18(9-14)24(26,27)28)21-15(2)34(23(35)37-21)13-17-11-19(25(29,30)31)12-32-22(17)33(3)20-4-6-36-7-5-20/h8-12,15,20-21H,4-7,13H2,1-3H3/t15-,21-/m0/s1. The van der Waals surface area contributed by atoms with Crippen LogP contribution >= 0.6 is 0 Å². The van der Waals surface area contributed by atoms with Crippen molar-refractivity contribution in [2.45, 2.75) is 63.8 Å². The van der Waals surface area contributed by atoms with Gasteiger partial charge in [-0.1, -0.05) is 11.6 Å². The number of rotatable bonds is 5. The van der Waals surface area contributed by atoms with E-state index in [1.54, 1.807) is 18.9 Å². The lowest BCUT2D eigenvalue weighted by molar-refractivity contribution is -0.138. The molecule has 0 N–H and O–H groups in total. The predicted octanol–water partition coefficient (Wildman–Crippen LogP) is 6.12. The van der Waals surface area contributed by atoms with Gasteiger partial charge in [0.15, 0.2) is 0 Å². The third-order valence-corrected chi connectivity index (χ3v) is 6.83. The zero-order valence-corrected chi connectivity index (χ0v) is 20.5. The maximum Gasteiger partial charge on any atom is 0.417 e. The van der Waals surface area contributed by atoms with Crippen LogP contribution in [0.3, 0.4) is 0 Å². The molecule has 1 aromatic carbocycles. The molecule has 1 aromatic heterocycles. The van der Waals surface area contributed by atoms with Crippen molar-refractivity contribution in [2.24, 2.45) is 0 Å². The summed E-state index contributed by atoms with van der Waals surface area (Å²) in [7, 11) is 1.73. The largest absolute Gasteiger partial charge is 0.439 e. The molecule has 0 saturated carbocycles. The number of amides is 1. The molecule has 37 heavy (non-hydrogen) atoms. The zero-order chi connectivity index (χ0) is 27.1. The van der Waals surface area contributed by atoms with Crippen molar-refractivity contribution in [2.75, 3.05) is 25.2 Å². The first-order valence-corrected chi connectivity index (χ1v) is 11.8. The van der Waals surface area contributed by atoms with Crippen molar-refractivity contribution in [3.05, 3.63) is 58.3 Å². The molecule has 0 unspecified atom stereocenters. The number of carbonyl (C=O) groups excluding carboxylic acids is 1. The number of halogens is 6. The van der Waals surface area contributed by atoms with Gasteiger partial charge in [-0.05, 0) is 50.5 Å². The van der Waals surface area contributed by atoms with Crippen LogP contribution in [0.5, 0.6) is 0 Å². The van der Waals surface area contributed by atoms with Gasteiger partial charge in [0.25, 0.3) is 0 Å². The number of cyclic esters (lactones) is 1. The minimum atomic E-state index is -4.65. The van der Waals surface area contributed by atoms with Crippen LogP contribution in [0.15, 0.2) is 30.5 Å². The number of ether oxygens (including phenoxy) is 2. The summed E-state index contributed by atoms with van der Waals surface area (Å²) < 4.78 is 91.4. The van der Waals surface area contributed by atoms with E-state index in [9.17, 15) is 31.1 Å². The second-order valence-corrected chi connectivity index (χ2v) is 9.46. The van der Waals surface area contributed by atoms with Crippen LogP contribution in [-0.4, -0.2) is 48.3 Å². The molecule has 2 atom stereocenters. The van der Waals surface area contributed by atoms with E-state index < -0.39 is 41.7 Å². The van der Waals surface area contributed by atoms with Crippen molar-refractivity contribution in [3.8, 4) is 0 Å². The average molecular weight is 531 g/mol. The first-order valence-electron chi connectivity index (χ1n) is 11.8. The van der Waals surface area contributed by atoms with Gasteiger partial charge in [-0.2, -0.15) is 26.3 Å². The zero-order valence-electron chi connectivity index (χ0n) is 20.5. The van der Waals surface area contributed by atoms with E-state index in [-0.39, 0.29) is 23.7 Å². The Balaban J connectivity index is 1.66. The normalized spacial score (nSPS) is 21.3. The topological polar surface area (TPSA) is 54.9 Å². The van der Waals surface area contributed by atoms with Gasteiger partial charge < -0.3 is 14.4 Å². The molecule has 0 bridgehead atoms. The van der Waals surface area contributed by atoms with Crippen LogP contribution < -0.4 is 4.90 Å². The highest BCUT2D eigenvalue weighted by Crippen LogP contribution is 2.39. The number of nitrogens with zero attached hydrogens (tertiary/aromatic N) is 3. The Labute approximate surface area is 210 Å². The number of aromatic nitrogens is 1. The van der Waals surface area contributed by atoms with Crippen molar-refractivity contribution >= 4 is 11.9 Å². The van der Waals surface area contributed by atoms with E-state index >= 15 is 0 Å². The lowest BCUT2D eigenvalue weighted by atomic mass is 9.98. The minimum absolute atomic E-state index is 0.0134. The molecule has 2 saturated heterocycles. The van der Waals surface area contributed by atoms with Gasteiger partial charge in [-0.15, -0.1) is 0 Å². The molecule has 2 fully saturated rings. The molecule has 1 amide bonds. The highest BCUT2D eigenvalue weighted by molar-refractivity contribution is 5.71. The molecule has 3 heterocycles. The molecule has 6 nitrogen and oxygen atoms in total. The van der Waals surface area contributed by atoms with Crippen LogP contribution in [0.1, 0.15) is 53.7 Å². The van der Waals surface area contributed by atoms with E-state index in [2.05, 4.69) is 4.98 Å². The Morgan fingerprint density at radius 1 is 1.03 bits per heavy atom. The summed E-state index contributed by atoms with van der Waals surface area (Å²) in [5.41, 5.74) is -1.16. The average Bonchev–Trinajstić information content (AvgIpc) is 3.11. The van der Waals surface area contributed by atoms with Crippen molar-refractivity contribution < 1.29 is 40.6 Å². The first kappa shape index (κ1) is 27.0. The molecule has 12 heteroatoms. The van der Waals surface area contributed by atoms with Gasteiger partial charge in [0, 0.05) is 38.1 Å². The monoisotopic (exact) mass is 531 g/mol. The van der Waals surface area contributed by atoms with Gasteiger partial charge >= 0.3 is 18.4 Å². The number of aryl methyl sites for hydroxylation is 1. The number of pyridine rings is 1. The number of alkyl halides is 6. The van der Waals surface area contributed by atoms with Gasteiger partial charge in [-0.3, -0.25) is 4.90 Å². The summed E-state index contributed by atoms with van der Waals surface area (Å²) >= 11 is 0. The lowest BCUT2D eigenvalue weighted by Gasteiger charge is -2.34. The Kier molecular flexibility index (Phi) is 7.33. The van der Waals surface area contributed by atoms with Crippen LogP contribution in [0.4, 0.5) is 37.0 Å². The van der Waals surface area contributed by atoms with E-state index in [4.69, 9.17) is 9.47 Å². The second-order valence-electron chi connectivity index (χ2n) is 9.46. The number of carbonyl (C=O) groups is 1. The minimum Gasteiger partial charge on any atom is -0.439 e. The number of hydrogen-bond donors (Lipinski definition) is 0. The van der Waals surface area contributed by atoms with Crippen molar-refractivity contribution in [1.29, 1.82) is 0 Å². The van der Waals surface area contributed by atoms with Gasteiger partial charge in [0.2, 0.25) is 0 Å². The van der Waals surface area contributed by atoms with Gasteiger partial charge in [0.05, 0.1) is 23.7 Å². The van der Waals surface area contributed by atoms with E-state index in [0.717, 1.165) is 24.4 Å². The number of hydrogen-bond acceptors (Lipinski definition) is 5. The molecule has 4 rings (SSSR count). The molecule has 0 aliphatic carbocycles. The Hall–Kier alpha value is -3.02. The highest BCUT2D eigenvalue weighted by Gasteiger charge is 2.42. The molecular formula is C25H27F6N3O3. The second kappa shape index (κ2) is 10.0. The third kappa shape index (κ3) is 5.78. The first-order chi connectivity index (χ1) is 17.3. The Bertz CT molecular complexity index is 1150. The SMILES string of the molecule is Cc1cc([C@H]2OC(=O)N(Cc3cc(C(F)(F)F)cnc3N(C)C3CCOCC3)[C@H]2C)cc(C(F)(F)F)c1. The molecule has 0 spiro atoms. The Morgan fingerprint density at radius 2 is 1.68 bits per heavy atom. The predicted molar refractivity (Wildman–Crippen MR) is 122 cm³/mol. The molecule has 2 aliphatic rings. The molecule has 0 radical (unpaired) electrons. The van der Waals surface area contributed by atoms with Crippen LogP contribution in [0.25, 0.3) is 0 Å². The summed E-state index contributed by atoms with van der Waals surface area (Å²) in [6.07, 6.45) is -9.00. The summed E-state index contributed by atoms with van der Waals surface area (Å²) in [6.45, 7) is 3.87. The van der Waals surface area contributed by atoms with Crippen molar-refractivity contribution in [1.82, 2.24) is 9.88 Å². The molecule has 2 aliphatic heterocycles. The summed E-state index contributed by atoms with van der Waals surface area (Å²) in [4.78, 5) is 19.9. The van der Waals surface area contributed by atoms with E-state index in [1.807, 2.05) is 0 Å². The Morgan fingerprint density at radius 3 is 2.30 bits per heavy atom. The number of anilines is 1. The van der Waals surface area contributed by atoms with Crippen LogP contribution in [0, 0.1) is 6.92 Å².